The molecule has 0 bridgehead atoms. The minimum Gasteiger partial charge on any atom is -0.457 e. The number of ether oxygens (including phenoxy) is 3. The molecule has 0 saturated carbocycles. The Morgan fingerprint density at radius 3 is 2.02 bits per heavy atom. The largest absolute Gasteiger partial charge is 0.457 e. The molecule has 3 aromatic rings. The summed E-state index contributed by atoms with van der Waals surface area (Å²) in [7, 11) is 0. The second-order valence-electron chi connectivity index (χ2n) is 10.5. The molecule has 3 aliphatic rings. The SMILES string of the molecule is O=C1NC(=O)C(c2ccc(Oc3ccccc3)cc2)C(=O)C1=Cc1cc([N+](=O)[O-])c(N2CCOCC2)cc1N1CCOCC1. The van der Waals surface area contributed by atoms with Crippen LogP contribution in [0.15, 0.2) is 72.3 Å². The molecule has 3 fully saturated rings. The van der Waals surface area contributed by atoms with Gasteiger partial charge < -0.3 is 24.0 Å². The van der Waals surface area contributed by atoms with Crippen molar-refractivity contribution >= 4 is 40.7 Å². The van der Waals surface area contributed by atoms with E-state index in [1.165, 1.54) is 12.1 Å². The highest BCUT2D eigenvalue weighted by molar-refractivity contribution is 6.36. The summed E-state index contributed by atoms with van der Waals surface area (Å²) in [6.45, 7) is 3.83. The van der Waals surface area contributed by atoms with Crippen LogP contribution < -0.4 is 19.9 Å². The van der Waals surface area contributed by atoms with E-state index < -0.39 is 28.4 Å². The lowest BCUT2D eigenvalue weighted by atomic mass is 9.85. The fourth-order valence-electron chi connectivity index (χ4n) is 5.57. The lowest BCUT2D eigenvalue weighted by Gasteiger charge is -2.33. The molecule has 0 aromatic heterocycles. The molecule has 0 radical (unpaired) electrons. The summed E-state index contributed by atoms with van der Waals surface area (Å²) in [5.74, 6) is -2.42. The Morgan fingerprint density at radius 2 is 1.41 bits per heavy atom. The van der Waals surface area contributed by atoms with Crippen LogP contribution in [0.2, 0.25) is 0 Å². The molecule has 3 aromatic carbocycles. The van der Waals surface area contributed by atoms with Crippen LogP contribution in [-0.4, -0.2) is 75.1 Å². The average molecular weight is 599 g/mol. The summed E-state index contributed by atoms with van der Waals surface area (Å²) in [5.41, 5.74) is 1.36. The van der Waals surface area contributed by atoms with Crippen molar-refractivity contribution in [1.29, 1.82) is 0 Å². The lowest BCUT2D eigenvalue weighted by Crippen LogP contribution is -2.46. The number of Topliss-reactive ketones (excluding diaryl/α,β-unsaturated/α-hetero) is 1. The number of nitro groups is 1. The van der Waals surface area contributed by atoms with Crippen LogP contribution in [0.3, 0.4) is 0 Å². The van der Waals surface area contributed by atoms with Gasteiger partial charge in [-0.25, -0.2) is 0 Å². The molecule has 2 amide bonds. The molecule has 1 unspecified atom stereocenters. The normalized spacial score (nSPS) is 20.0. The van der Waals surface area contributed by atoms with Gasteiger partial charge in [0.05, 0.1) is 36.9 Å². The first kappa shape index (κ1) is 29.0. The summed E-state index contributed by atoms with van der Waals surface area (Å²) >= 11 is 0. The standard InChI is InChI=1S/C32H30N4O8/c37-30-25(31(38)33-32(39)29(30)21-6-8-24(9-7-21)44-23-4-2-1-3-5-23)18-22-19-28(36(40)41)27(35-12-16-43-17-13-35)20-26(22)34-10-14-42-15-11-34/h1-9,18-20,29H,10-17H2,(H,33,38,39). The highest BCUT2D eigenvalue weighted by atomic mass is 16.6. The molecule has 12 nitrogen and oxygen atoms in total. The maximum absolute atomic E-state index is 13.8. The highest BCUT2D eigenvalue weighted by Gasteiger charge is 2.40. The molecular formula is C32H30N4O8. The zero-order valence-corrected chi connectivity index (χ0v) is 23.8. The summed E-state index contributed by atoms with van der Waals surface area (Å²) in [5, 5.41) is 14.5. The van der Waals surface area contributed by atoms with Crippen molar-refractivity contribution in [3.05, 3.63) is 93.5 Å². The number of morpholine rings is 2. The van der Waals surface area contributed by atoms with Crippen molar-refractivity contribution in [2.45, 2.75) is 5.92 Å². The predicted molar refractivity (Wildman–Crippen MR) is 161 cm³/mol. The maximum atomic E-state index is 13.8. The molecule has 6 rings (SSSR count). The topological polar surface area (TPSA) is 141 Å². The van der Waals surface area contributed by atoms with Gasteiger partial charge in [0, 0.05) is 43.5 Å². The average Bonchev–Trinajstić information content (AvgIpc) is 3.04. The van der Waals surface area contributed by atoms with Crippen LogP contribution in [0.25, 0.3) is 6.08 Å². The highest BCUT2D eigenvalue weighted by Crippen LogP contribution is 2.39. The molecule has 1 N–H and O–H groups in total. The number of anilines is 2. The van der Waals surface area contributed by atoms with E-state index in [0.29, 0.717) is 86.6 Å². The van der Waals surface area contributed by atoms with Gasteiger partial charge in [-0.1, -0.05) is 30.3 Å². The molecule has 226 valence electrons. The number of nitrogens with one attached hydrogen (secondary N) is 1. The molecule has 12 heteroatoms. The van der Waals surface area contributed by atoms with Crippen LogP contribution >= 0.6 is 0 Å². The summed E-state index contributed by atoms with van der Waals surface area (Å²) < 4.78 is 16.8. The zero-order chi connectivity index (χ0) is 30.6. The Hall–Kier alpha value is -5.07. The minimum absolute atomic E-state index is 0.152. The Morgan fingerprint density at radius 1 is 0.818 bits per heavy atom. The second kappa shape index (κ2) is 12.7. The Balaban J connectivity index is 1.37. The number of carbonyl (C=O) groups excluding carboxylic acids is 3. The number of amides is 2. The monoisotopic (exact) mass is 598 g/mol. The zero-order valence-electron chi connectivity index (χ0n) is 23.8. The Kier molecular flexibility index (Phi) is 8.35. The van der Waals surface area contributed by atoms with Crippen LogP contribution in [0.4, 0.5) is 17.1 Å². The molecule has 1 atom stereocenters. The van der Waals surface area contributed by atoms with E-state index in [0.717, 1.165) is 0 Å². The fraction of sp³-hybridized carbons (Fsp3) is 0.281. The third-order valence-corrected chi connectivity index (χ3v) is 7.79. The van der Waals surface area contributed by atoms with Gasteiger partial charge in [0.25, 0.3) is 11.6 Å². The number of ketones is 1. The minimum atomic E-state index is -1.28. The van der Waals surface area contributed by atoms with Crippen LogP contribution in [0.5, 0.6) is 11.5 Å². The van der Waals surface area contributed by atoms with Crippen LogP contribution in [0.1, 0.15) is 17.0 Å². The Bertz CT molecular complexity index is 1610. The number of benzene rings is 3. The first-order chi connectivity index (χ1) is 21.4. The van der Waals surface area contributed by atoms with Crippen LogP contribution in [-0.2, 0) is 23.9 Å². The van der Waals surface area contributed by atoms with Gasteiger partial charge in [-0.2, -0.15) is 0 Å². The third-order valence-electron chi connectivity index (χ3n) is 7.79. The van der Waals surface area contributed by atoms with Gasteiger partial charge in [0.2, 0.25) is 5.91 Å². The molecule has 3 heterocycles. The number of nitro benzene ring substituents is 1. The van der Waals surface area contributed by atoms with Crippen molar-refractivity contribution in [3.8, 4) is 11.5 Å². The van der Waals surface area contributed by atoms with E-state index in [-0.39, 0.29) is 11.3 Å². The molecule has 44 heavy (non-hydrogen) atoms. The number of para-hydroxylation sites is 1. The number of imide groups is 1. The van der Waals surface area contributed by atoms with Gasteiger partial charge in [0.1, 0.15) is 23.1 Å². The quantitative estimate of drug-likeness (QED) is 0.107. The molecule has 0 aliphatic carbocycles. The first-order valence-electron chi connectivity index (χ1n) is 14.3. The van der Waals surface area contributed by atoms with Crippen molar-refractivity contribution < 1.29 is 33.5 Å². The predicted octanol–water partition coefficient (Wildman–Crippen LogP) is 3.45. The van der Waals surface area contributed by atoms with Crippen molar-refractivity contribution in [2.75, 3.05) is 62.4 Å². The Labute approximate surface area is 252 Å². The number of rotatable bonds is 7. The van der Waals surface area contributed by atoms with Gasteiger partial charge in [-0.3, -0.25) is 29.8 Å². The smallest absolute Gasteiger partial charge is 0.293 e. The van der Waals surface area contributed by atoms with E-state index in [9.17, 15) is 24.5 Å². The maximum Gasteiger partial charge on any atom is 0.293 e. The van der Waals surface area contributed by atoms with Gasteiger partial charge in [0.15, 0.2) is 5.78 Å². The van der Waals surface area contributed by atoms with Gasteiger partial charge in [-0.15, -0.1) is 0 Å². The lowest BCUT2D eigenvalue weighted by molar-refractivity contribution is -0.384. The van der Waals surface area contributed by atoms with Crippen molar-refractivity contribution in [2.24, 2.45) is 0 Å². The van der Waals surface area contributed by atoms with Crippen molar-refractivity contribution in [3.63, 3.8) is 0 Å². The van der Waals surface area contributed by atoms with Crippen molar-refractivity contribution in [1.82, 2.24) is 5.32 Å². The number of piperidine rings is 1. The fourth-order valence-corrected chi connectivity index (χ4v) is 5.57. The van der Waals surface area contributed by atoms with E-state index >= 15 is 0 Å². The second-order valence-corrected chi connectivity index (χ2v) is 10.5. The van der Waals surface area contributed by atoms with E-state index in [4.69, 9.17) is 14.2 Å². The van der Waals surface area contributed by atoms with Gasteiger partial charge in [-0.05, 0) is 42.0 Å². The molecule has 3 saturated heterocycles. The van der Waals surface area contributed by atoms with Gasteiger partial charge >= 0.3 is 0 Å². The first-order valence-corrected chi connectivity index (χ1v) is 14.3. The molecular weight excluding hydrogens is 568 g/mol. The summed E-state index contributed by atoms with van der Waals surface area (Å²) in [4.78, 5) is 55.4. The number of hydrogen-bond acceptors (Lipinski definition) is 10. The van der Waals surface area contributed by atoms with E-state index in [1.54, 1.807) is 42.5 Å². The number of carbonyl (C=O) groups is 3. The van der Waals surface area contributed by atoms with Crippen LogP contribution in [0, 0.1) is 10.1 Å². The number of nitrogens with zero attached hydrogens (tertiary/aromatic N) is 3. The summed E-state index contributed by atoms with van der Waals surface area (Å²) in [6, 6.07) is 18.8. The van der Waals surface area contributed by atoms with E-state index in [2.05, 4.69) is 5.32 Å². The number of hydrogen-bond donors (Lipinski definition) is 1. The molecule has 3 aliphatic heterocycles. The third kappa shape index (κ3) is 6.03. The summed E-state index contributed by atoms with van der Waals surface area (Å²) in [6.07, 6.45) is 1.35. The molecule has 0 spiro atoms. The van der Waals surface area contributed by atoms with E-state index in [1.807, 2.05) is 28.0 Å².